The number of nitrogens with one attached hydrogen (secondary N) is 1. The van der Waals surface area contributed by atoms with E-state index in [4.69, 9.17) is 5.73 Å². The van der Waals surface area contributed by atoms with Crippen LogP contribution in [0.25, 0.3) is 0 Å². The van der Waals surface area contributed by atoms with E-state index in [1.165, 1.54) is 0 Å². The Morgan fingerprint density at radius 2 is 2.06 bits per heavy atom. The van der Waals surface area contributed by atoms with Crippen LogP contribution in [0, 0.1) is 0 Å². The number of carbonyl (C=O) groups excluding carboxylic acids is 1. The number of hydrogen-bond donors (Lipinski definition) is 2. The number of anilines is 1. The molecule has 100 valence electrons. The molecular formula is C14H23N3O. The Morgan fingerprint density at radius 1 is 1.39 bits per heavy atom. The van der Waals surface area contributed by atoms with Gasteiger partial charge in [0.2, 0.25) is 0 Å². The number of nitrogen functional groups attached to an aromatic ring is 1. The Morgan fingerprint density at radius 3 is 2.61 bits per heavy atom. The highest BCUT2D eigenvalue weighted by Crippen LogP contribution is 2.16. The fraction of sp³-hybridized carbons (Fsp3) is 0.571. The van der Waals surface area contributed by atoms with Crippen LogP contribution in [0.3, 0.4) is 0 Å². The predicted molar refractivity (Wildman–Crippen MR) is 74.6 cm³/mol. The number of pyridine rings is 1. The molecule has 0 spiro atoms. The van der Waals surface area contributed by atoms with Gasteiger partial charge >= 0.3 is 0 Å². The molecule has 0 saturated carbocycles. The first-order valence-corrected chi connectivity index (χ1v) is 6.52. The molecule has 0 bridgehead atoms. The number of rotatable bonds is 5. The molecule has 1 heterocycles. The van der Waals surface area contributed by atoms with Crippen molar-refractivity contribution >= 4 is 11.7 Å². The van der Waals surface area contributed by atoms with Crippen LogP contribution in [0.15, 0.2) is 12.1 Å². The third-order valence-electron chi connectivity index (χ3n) is 2.82. The zero-order chi connectivity index (χ0) is 13.7. The first-order chi connectivity index (χ1) is 8.43. The molecule has 0 aliphatic rings. The maximum Gasteiger partial charge on any atom is 0.251 e. The Balaban J connectivity index is 2.85. The van der Waals surface area contributed by atoms with Gasteiger partial charge in [-0.3, -0.25) is 4.79 Å². The molecule has 0 radical (unpaired) electrons. The Kier molecular flexibility index (Phi) is 5.13. The van der Waals surface area contributed by atoms with Crippen LogP contribution in [0.5, 0.6) is 0 Å². The molecule has 0 aliphatic carbocycles. The summed E-state index contributed by atoms with van der Waals surface area (Å²) >= 11 is 0. The molecule has 0 aromatic carbocycles. The molecule has 0 saturated heterocycles. The van der Waals surface area contributed by atoms with Crippen molar-refractivity contribution < 1.29 is 4.79 Å². The standard InChI is InChI=1S/C14H23N3O/c1-5-6-10(4)16-14(18)11-7-12(9(2)3)17-13(15)8-11/h7-10H,5-6H2,1-4H3,(H2,15,17)(H,16,18). The predicted octanol–water partition coefficient (Wildman–Crippen LogP) is 2.71. The summed E-state index contributed by atoms with van der Waals surface area (Å²) in [6, 6.07) is 3.62. The quantitative estimate of drug-likeness (QED) is 0.843. The minimum atomic E-state index is -0.0769. The van der Waals surface area contributed by atoms with Gasteiger partial charge in [0, 0.05) is 17.3 Å². The van der Waals surface area contributed by atoms with Crippen molar-refractivity contribution in [3.05, 3.63) is 23.4 Å². The SMILES string of the molecule is CCCC(C)NC(=O)c1cc(N)nc(C(C)C)c1. The fourth-order valence-corrected chi connectivity index (χ4v) is 1.81. The Bertz CT molecular complexity index is 416. The summed E-state index contributed by atoms with van der Waals surface area (Å²) in [6.45, 7) is 8.17. The smallest absolute Gasteiger partial charge is 0.251 e. The highest BCUT2D eigenvalue weighted by molar-refractivity contribution is 5.95. The summed E-state index contributed by atoms with van der Waals surface area (Å²) in [4.78, 5) is 16.3. The number of amides is 1. The van der Waals surface area contributed by atoms with Crippen LogP contribution in [0.4, 0.5) is 5.82 Å². The lowest BCUT2D eigenvalue weighted by atomic mass is 10.1. The van der Waals surface area contributed by atoms with Gasteiger partial charge in [-0.05, 0) is 31.4 Å². The molecule has 18 heavy (non-hydrogen) atoms. The second-order valence-electron chi connectivity index (χ2n) is 5.02. The van der Waals surface area contributed by atoms with Gasteiger partial charge in [0.1, 0.15) is 5.82 Å². The van der Waals surface area contributed by atoms with Gasteiger partial charge in [0.05, 0.1) is 0 Å². The third kappa shape index (κ3) is 4.02. The van der Waals surface area contributed by atoms with Crippen LogP contribution >= 0.6 is 0 Å². The lowest BCUT2D eigenvalue weighted by Crippen LogP contribution is -2.32. The number of aromatic nitrogens is 1. The van der Waals surface area contributed by atoms with Crippen LogP contribution in [0.1, 0.15) is 62.5 Å². The van der Waals surface area contributed by atoms with Crippen LogP contribution in [0.2, 0.25) is 0 Å². The Hall–Kier alpha value is -1.58. The average molecular weight is 249 g/mol. The molecule has 1 atom stereocenters. The molecule has 3 N–H and O–H groups in total. The summed E-state index contributed by atoms with van der Waals surface area (Å²) in [5, 5.41) is 2.97. The molecular weight excluding hydrogens is 226 g/mol. The monoisotopic (exact) mass is 249 g/mol. The van der Waals surface area contributed by atoms with E-state index in [0.29, 0.717) is 11.4 Å². The van der Waals surface area contributed by atoms with E-state index in [9.17, 15) is 4.79 Å². The van der Waals surface area contributed by atoms with Crippen molar-refractivity contribution in [1.82, 2.24) is 10.3 Å². The highest BCUT2D eigenvalue weighted by atomic mass is 16.1. The van der Waals surface area contributed by atoms with E-state index in [-0.39, 0.29) is 17.9 Å². The van der Waals surface area contributed by atoms with Crippen molar-refractivity contribution in [1.29, 1.82) is 0 Å². The lowest BCUT2D eigenvalue weighted by Gasteiger charge is -2.14. The average Bonchev–Trinajstić information content (AvgIpc) is 2.28. The van der Waals surface area contributed by atoms with Gasteiger partial charge in [-0.2, -0.15) is 0 Å². The van der Waals surface area contributed by atoms with Gasteiger partial charge in [0.15, 0.2) is 0 Å². The van der Waals surface area contributed by atoms with Crippen LogP contribution in [-0.4, -0.2) is 16.9 Å². The third-order valence-corrected chi connectivity index (χ3v) is 2.82. The van der Waals surface area contributed by atoms with Crippen molar-refractivity contribution in [3.63, 3.8) is 0 Å². The molecule has 0 fully saturated rings. The molecule has 1 aromatic heterocycles. The van der Waals surface area contributed by atoms with Gasteiger partial charge in [-0.1, -0.05) is 27.2 Å². The van der Waals surface area contributed by atoms with Gasteiger partial charge in [-0.15, -0.1) is 0 Å². The lowest BCUT2D eigenvalue weighted by molar-refractivity contribution is 0.0938. The summed E-state index contributed by atoms with van der Waals surface area (Å²) in [6.07, 6.45) is 2.03. The van der Waals surface area contributed by atoms with Crippen molar-refractivity contribution in [2.75, 3.05) is 5.73 Å². The zero-order valence-corrected chi connectivity index (χ0v) is 11.7. The molecule has 1 rings (SSSR count). The van der Waals surface area contributed by atoms with Crippen LogP contribution in [-0.2, 0) is 0 Å². The highest BCUT2D eigenvalue weighted by Gasteiger charge is 2.12. The minimum Gasteiger partial charge on any atom is -0.384 e. The zero-order valence-electron chi connectivity index (χ0n) is 11.7. The van der Waals surface area contributed by atoms with E-state index in [1.54, 1.807) is 6.07 Å². The minimum absolute atomic E-state index is 0.0769. The summed E-state index contributed by atoms with van der Waals surface area (Å²) in [5.74, 6) is 0.578. The number of hydrogen-bond acceptors (Lipinski definition) is 3. The summed E-state index contributed by atoms with van der Waals surface area (Å²) < 4.78 is 0. The van der Waals surface area contributed by atoms with Crippen molar-refractivity contribution in [2.45, 2.75) is 52.5 Å². The van der Waals surface area contributed by atoms with Crippen molar-refractivity contribution in [2.24, 2.45) is 0 Å². The second kappa shape index (κ2) is 6.38. The summed E-state index contributed by atoms with van der Waals surface area (Å²) in [7, 11) is 0. The topological polar surface area (TPSA) is 68.0 Å². The molecule has 4 heteroatoms. The largest absolute Gasteiger partial charge is 0.384 e. The molecule has 1 amide bonds. The maximum atomic E-state index is 12.1. The molecule has 1 aromatic rings. The number of nitrogens with two attached hydrogens (primary N) is 1. The Labute approximate surface area is 109 Å². The van der Waals surface area contributed by atoms with Crippen LogP contribution < -0.4 is 11.1 Å². The second-order valence-corrected chi connectivity index (χ2v) is 5.02. The summed E-state index contributed by atoms with van der Waals surface area (Å²) in [5.41, 5.74) is 7.18. The normalized spacial score (nSPS) is 12.5. The molecule has 0 aliphatic heterocycles. The van der Waals surface area contributed by atoms with E-state index in [0.717, 1.165) is 18.5 Å². The van der Waals surface area contributed by atoms with E-state index in [1.807, 2.05) is 26.8 Å². The van der Waals surface area contributed by atoms with Gasteiger partial charge in [0.25, 0.3) is 5.91 Å². The number of carbonyl (C=O) groups is 1. The van der Waals surface area contributed by atoms with Crippen molar-refractivity contribution in [3.8, 4) is 0 Å². The maximum absolute atomic E-state index is 12.1. The first kappa shape index (κ1) is 14.5. The van der Waals surface area contributed by atoms with Gasteiger partial charge < -0.3 is 11.1 Å². The molecule has 1 unspecified atom stereocenters. The number of nitrogens with zero attached hydrogens (tertiary/aromatic N) is 1. The fourth-order valence-electron chi connectivity index (χ4n) is 1.81. The van der Waals surface area contributed by atoms with E-state index in [2.05, 4.69) is 17.2 Å². The van der Waals surface area contributed by atoms with E-state index >= 15 is 0 Å². The first-order valence-electron chi connectivity index (χ1n) is 6.52. The molecule has 4 nitrogen and oxygen atoms in total. The van der Waals surface area contributed by atoms with Gasteiger partial charge in [-0.25, -0.2) is 4.98 Å². The van der Waals surface area contributed by atoms with E-state index < -0.39 is 0 Å².